The topological polar surface area (TPSA) is 63.6 Å². The van der Waals surface area contributed by atoms with Crippen molar-refractivity contribution in [2.24, 2.45) is 0 Å². The van der Waals surface area contributed by atoms with E-state index < -0.39 is 23.3 Å². The van der Waals surface area contributed by atoms with Crippen molar-refractivity contribution in [3.8, 4) is 0 Å². The summed E-state index contributed by atoms with van der Waals surface area (Å²) in [6.07, 6.45) is -0.224. The monoisotopic (exact) mass is 258 g/mol. The lowest BCUT2D eigenvalue weighted by Crippen LogP contribution is -2.35. The van der Waals surface area contributed by atoms with Crippen molar-refractivity contribution in [1.29, 1.82) is 0 Å². The first-order valence-electron chi connectivity index (χ1n) is 6.20. The van der Waals surface area contributed by atoms with Crippen LogP contribution in [0.1, 0.15) is 36.2 Å². The Labute approximate surface area is 110 Å². The van der Waals surface area contributed by atoms with Gasteiger partial charge in [-0.2, -0.15) is 0 Å². The summed E-state index contributed by atoms with van der Waals surface area (Å²) in [5, 5.41) is 10.0. The molecule has 1 N–H and O–H groups in total. The average Bonchev–Trinajstić information content (AvgIpc) is 2.81. The molecule has 19 heavy (non-hydrogen) atoms. The van der Waals surface area contributed by atoms with Crippen molar-refractivity contribution in [1.82, 2.24) is 0 Å². The highest BCUT2D eigenvalue weighted by atomic mass is 16.5. The van der Waals surface area contributed by atoms with Crippen molar-refractivity contribution in [2.45, 2.75) is 32.0 Å². The predicted molar refractivity (Wildman–Crippen MR) is 68.5 cm³/mol. The molecule has 98 valence electrons. The van der Waals surface area contributed by atoms with E-state index in [0.29, 0.717) is 22.5 Å². The number of Topliss-reactive ketones (excluding diaryl/α,β-unsaturated/α-hetero) is 2. The molecule has 1 atom stereocenters. The van der Waals surface area contributed by atoms with Gasteiger partial charge < -0.3 is 9.84 Å². The lowest BCUT2D eigenvalue weighted by molar-refractivity contribution is -0.112. The lowest BCUT2D eigenvalue weighted by Gasteiger charge is -2.25. The summed E-state index contributed by atoms with van der Waals surface area (Å²) in [7, 11) is 0. The molecule has 1 aromatic carbocycles. The van der Waals surface area contributed by atoms with Gasteiger partial charge in [0.25, 0.3) is 0 Å². The second kappa shape index (κ2) is 3.78. The van der Waals surface area contributed by atoms with E-state index in [0.717, 1.165) is 0 Å². The first-order chi connectivity index (χ1) is 8.89. The zero-order valence-electron chi connectivity index (χ0n) is 10.8. The molecular formula is C15H14O4. The molecule has 1 aromatic rings. The van der Waals surface area contributed by atoms with Crippen molar-refractivity contribution >= 4 is 17.3 Å². The van der Waals surface area contributed by atoms with E-state index in [4.69, 9.17) is 4.74 Å². The summed E-state index contributed by atoms with van der Waals surface area (Å²) in [5.41, 5.74) is 0.350. The fourth-order valence-corrected chi connectivity index (χ4v) is 2.49. The second-order valence-corrected chi connectivity index (χ2v) is 5.48. The maximum atomic E-state index is 12.1. The molecule has 3 rings (SSSR count). The SMILES string of the molecule is CC(C)(O)[C@@H]1CC2=C(O1)c1ccccc1C(=O)C2=O. The van der Waals surface area contributed by atoms with Gasteiger partial charge >= 0.3 is 0 Å². The highest BCUT2D eigenvalue weighted by molar-refractivity contribution is 6.52. The first kappa shape index (κ1) is 12.1. The summed E-state index contributed by atoms with van der Waals surface area (Å²) in [6.45, 7) is 3.27. The summed E-state index contributed by atoms with van der Waals surface area (Å²) in [6, 6.07) is 6.91. The molecule has 4 heteroatoms. The van der Waals surface area contributed by atoms with Gasteiger partial charge in [-0.1, -0.05) is 24.3 Å². The van der Waals surface area contributed by atoms with E-state index in [9.17, 15) is 14.7 Å². The minimum Gasteiger partial charge on any atom is -0.486 e. The number of carbonyl (C=O) groups is 2. The number of rotatable bonds is 1. The summed E-state index contributed by atoms with van der Waals surface area (Å²) in [5.74, 6) is -0.554. The summed E-state index contributed by atoms with van der Waals surface area (Å²) in [4.78, 5) is 24.1. The smallest absolute Gasteiger partial charge is 0.234 e. The zero-order chi connectivity index (χ0) is 13.8. The van der Waals surface area contributed by atoms with Crippen LogP contribution in [0.25, 0.3) is 5.76 Å². The van der Waals surface area contributed by atoms with Crippen LogP contribution in [0.2, 0.25) is 0 Å². The fraction of sp³-hybridized carbons (Fsp3) is 0.333. The number of ketones is 2. The van der Waals surface area contributed by atoms with Gasteiger partial charge in [0, 0.05) is 17.5 Å². The van der Waals surface area contributed by atoms with Crippen LogP contribution in [0, 0.1) is 0 Å². The third-order valence-electron chi connectivity index (χ3n) is 3.61. The van der Waals surface area contributed by atoms with Crippen LogP contribution in [0.4, 0.5) is 0 Å². The number of benzene rings is 1. The minimum absolute atomic E-state index is 0.276. The maximum Gasteiger partial charge on any atom is 0.234 e. The van der Waals surface area contributed by atoms with Crippen LogP contribution >= 0.6 is 0 Å². The molecular weight excluding hydrogens is 244 g/mol. The first-order valence-corrected chi connectivity index (χ1v) is 6.20. The van der Waals surface area contributed by atoms with Crippen molar-refractivity contribution in [2.75, 3.05) is 0 Å². The Hall–Kier alpha value is -1.94. The quantitative estimate of drug-likeness (QED) is 0.779. The van der Waals surface area contributed by atoms with Crippen LogP contribution in [-0.2, 0) is 9.53 Å². The highest BCUT2D eigenvalue weighted by Crippen LogP contribution is 2.41. The summed E-state index contributed by atoms with van der Waals surface area (Å²) < 4.78 is 5.73. The number of ether oxygens (including phenoxy) is 1. The van der Waals surface area contributed by atoms with Gasteiger partial charge in [0.15, 0.2) is 0 Å². The lowest BCUT2D eigenvalue weighted by atomic mass is 9.86. The molecule has 4 nitrogen and oxygen atoms in total. The van der Waals surface area contributed by atoms with Crippen LogP contribution in [0.15, 0.2) is 29.8 Å². The standard InChI is InChI=1S/C15H14O4/c1-15(2,18)11-7-10-13(17)12(16)8-5-3-4-6-9(8)14(10)19-11/h3-6,11,18H,7H2,1-2H3/t11-/m0/s1. The minimum atomic E-state index is -1.06. The normalized spacial score (nSPS) is 22.2. The average molecular weight is 258 g/mol. The molecule has 0 radical (unpaired) electrons. The molecule has 0 amide bonds. The second-order valence-electron chi connectivity index (χ2n) is 5.48. The molecule has 2 aliphatic rings. The van der Waals surface area contributed by atoms with Crippen molar-refractivity contribution in [3.05, 3.63) is 41.0 Å². The van der Waals surface area contributed by atoms with Gasteiger partial charge in [0.2, 0.25) is 11.6 Å². The number of hydrogen-bond acceptors (Lipinski definition) is 4. The molecule has 0 fully saturated rings. The number of fused-ring (bicyclic) bond motifs is 2. The van der Waals surface area contributed by atoms with E-state index in [1.807, 2.05) is 0 Å². The number of aliphatic hydroxyl groups is 1. The van der Waals surface area contributed by atoms with Crippen LogP contribution < -0.4 is 0 Å². The highest BCUT2D eigenvalue weighted by Gasteiger charge is 2.44. The Balaban J connectivity index is 2.10. The number of hydrogen-bond donors (Lipinski definition) is 1. The van der Waals surface area contributed by atoms with Gasteiger partial charge in [-0.25, -0.2) is 0 Å². The van der Waals surface area contributed by atoms with Crippen LogP contribution in [0.3, 0.4) is 0 Å². The Morgan fingerprint density at radius 2 is 1.79 bits per heavy atom. The third kappa shape index (κ3) is 1.71. The van der Waals surface area contributed by atoms with Crippen LogP contribution in [0.5, 0.6) is 0 Å². The molecule has 0 bridgehead atoms. The molecule has 1 aliphatic heterocycles. The predicted octanol–water partition coefficient (Wildman–Crippen LogP) is 1.72. The van der Waals surface area contributed by atoms with Gasteiger partial charge in [0.05, 0.1) is 11.2 Å². The molecule has 0 saturated heterocycles. The molecule has 1 heterocycles. The molecule has 0 aromatic heterocycles. The molecule has 0 spiro atoms. The Morgan fingerprint density at radius 1 is 1.16 bits per heavy atom. The Bertz CT molecular complexity index is 619. The van der Waals surface area contributed by atoms with Gasteiger partial charge in [-0.15, -0.1) is 0 Å². The van der Waals surface area contributed by atoms with E-state index in [1.54, 1.807) is 38.1 Å². The Morgan fingerprint density at radius 3 is 2.42 bits per heavy atom. The maximum absolute atomic E-state index is 12.1. The Kier molecular flexibility index (Phi) is 2.41. The van der Waals surface area contributed by atoms with Crippen molar-refractivity contribution in [3.63, 3.8) is 0 Å². The molecule has 1 aliphatic carbocycles. The van der Waals surface area contributed by atoms with Gasteiger partial charge in [-0.05, 0) is 13.8 Å². The third-order valence-corrected chi connectivity index (χ3v) is 3.61. The van der Waals surface area contributed by atoms with Gasteiger partial charge in [-0.3, -0.25) is 9.59 Å². The zero-order valence-corrected chi connectivity index (χ0v) is 10.8. The van der Waals surface area contributed by atoms with E-state index >= 15 is 0 Å². The largest absolute Gasteiger partial charge is 0.486 e. The molecule has 0 saturated carbocycles. The van der Waals surface area contributed by atoms with Crippen molar-refractivity contribution < 1.29 is 19.4 Å². The van der Waals surface area contributed by atoms with E-state index in [2.05, 4.69) is 0 Å². The molecule has 0 unspecified atom stereocenters. The van der Waals surface area contributed by atoms with Gasteiger partial charge in [0.1, 0.15) is 11.9 Å². The van der Waals surface area contributed by atoms with E-state index in [1.165, 1.54) is 0 Å². The van der Waals surface area contributed by atoms with E-state index in [-0.39, 0.29) is 6.42 Å². The fourth-order valence-electron chi connectivity index (χ4n) is 2.49. The van der Waals surface area contributed by atoms with Crippen LogP contribution in [-0.4, -0.2) is 28.4 Å². The number of carbonyl (C=O) groups excluding carboxylic acids is 2. The summed E-state index contributed by atoms with van der Waals surface area (Å²) >= 11 is 0.